The van der Waals surface area contributed by atoms with Crippen molar-refractivity contribution in [1.82, 2.24) is 5.43 Å². The molecule has 0 aromatic heterocycles. The fourth-order valence-corrected chi connectivity index (χ4v) is 1.32. The van der Waals surface area contributed by atoms with E-state index in [-0.39, 0.29) is 0 Å². The van der Waals surface area contributed by atoms with Crippen LogP contribution in [0.2, 0.25) is 0 Å². The van der Waals surface area contributed by atoms with E-state index in [1.807, 2.05) is 0 Å². The number of hydrogen-bond acceptors (Lipinski definition) is 2. The van der Waals surface area contributed by atoms with Crippen molar-refractivity contribution in [1.29, 1.82) is 0 Å². The maximum absolute atomic E-state index is 5.52. The van der Waals surface area contributed by atoms with Crippen LogP contribution in [0.3, 0.4) is 0 Å². The monoisotopic (exact) mass is 198 g/mol. The van der Waals surface area contributed by atoms with Crippen LogP contribution >= 0.6 is 0 Å². The molecule has 0 aliphatic carbocycles. The van der Waals surface area contributed by atoms with Crippen molar-refractivity contribution in [2.75, 3.05) is 0 Å². The van der Waals surface area contributed by atoms with Crippen LogP contribution in [-0.2, 0) is 0 Å². The van der Waals surface area contributed by atoms with Crippen LogP contribution in [0.15, 0.2) is 11.6 Å². The third-order valence-corrected chi connectivity index (χ3v) is 2.83. The minimum absolute atomic E-state index is 0.300. The Hall–Kier alpha value is -0.340. The highest BCUT2D eigenvalue weighted by atomic mass is 15.2. The number of hydrazine groups is 1. The van der Waals surface area contributed by atoms with E-state index in [1.165, 1.54) is 5.57 Å². The first-order valence-corrected chi connectivity index (χ1v) is 5.38. The van der Waals surface area contributed by atoms with Crippen molar-refractivity contribution in [2.45, 2.75) is 54.0 Å². The largest absolute Gasteiger partial charge is 0.271 e. The van der Waals surface area contributed by atoms with Gasteiger partial charge in [0.05, 0.1) is 0 Å². The zero-order chi connectivity index (χ0) is 11.4. The first kappa shape index (κ1) is 13.7. The topological polar surface area (TPSA) is 38.0 Å². The number of hydrogen-bond donors (Lipinski definition) is 2. The van der Waals surface area contributed by atoms with E-state index < -0.39 is 0 Å². The molecule has 0 amide bonds. The zero-order valence-electron chi connectivity index (χ0n) is 10.5. The minimum atomic E-state index is 0.300. The summed E-state index contributed by atoms with van der Waals surface area (Å²) in [4.78, 5) is 0. The van der Waals surface area contributed by atoms with Crippen molar-refractivity contribution >= 4 is 0 Å². The van der Waals surface area contributed by atoms with Gasteiger partial charge in [-0.15, -0.1) is 0 Å². The van der Waals surface area contributed by atoms with Gasteiger partial charge in [-0.2, -0.15) is 0 Å². The summed E-state index contributed by atoms with van der Waals surface area (Å²) in [5.74, 6) is 6.17. The predicted molar refractivity (Wildman–Crippen MR) is 63.8 cm³/mol. The summed E-state index contributed by atoms with van der Waals surface area (Å²) >= 11 is 0. The molecule has 14 heavy (non-hydrogen) atoms. The van der Waals surface area contributed by atoms with Crippen LogP contribution in [-0.4, -0.2) is 6.04 Å². The summed E-state index contributed by atoms with van der Waals surface area (Å²) < 4.78 is 0. The van der Waals surface area contributed by atoms with Crippen LogP contribution in [0, 0.1) is 11.3 Å². The third kappa shape index (κ3) is 5.40. The van der Waals surface area contributed by atoms with Gasteiger partial charge in [-0.3, -0.25) is 11.3 Å². The normalized spacial score (nSPS) is 16.2. The molecule has 0 bridgehead atoms. The van der Waals surface area contributed by atoms with Crippen LogP contribution in [0.1, 0.15) is 48.0 Å². The van der Waals surface area contributed by atoms with E-state index in [0.717, 1.165) is 6.42 Å². The smallest absolute Gasteiger partial charge is 0.0395 e. The minimum Gasteiger partial charge on any atom is -0.271 e. The molecule has 84 valence electrons. The molecular formula is C12H26N2. The molecule has 0 aromatic rings. The van der Waals surface area contributed by atoms with Gasteiger partial charge < -0.3 is 0 Å². The molecule has 2 heteroatoms. The highest BCUT2D eigenvalue weighted by molar-refractivity contribution is 5.01. The molecule has 2 unspecified atom stereocenters. The van der Waals surface area contributed by atoms with E-state index in [1.54, 1.807) is 0 Å². The Morgan fingerprint density at radius 2 is 1.86 bits per heavy atom. The van der Waals surface area contributed by atoms with Gasteiger partial charge in [0.15, 0.2) is 0 Å². The number of rotatable bonds is 4. The lowest BCUT2D eigenvalue weighted by molar-refractivity contribution is 0.233. The Balaban J connectivity index is 4.26. The van der Waals surface area contributed by atoms with Gasteiger partial charge in [-0.1, -0.05) is 39.3 Å². The summed E-state index contributed by atoms with van der Waals surface area (Å²) in [6, 6.07) is 0.300. The van der Waals surface area contributed by atoms with Crippen LogP contribution < -0.4 is 11.3 Å². The molecule has 3 N–H and O–H groups in total. The van der Waals surface area contributed by atoms with E-state index in [2.05, 4.69) is 53.0 Å². The highest BCUT2D eigenvalue weighted by Crippen LogP contribution is 2.29. The average Bonchev–Trinajstić information content (AvgIpc) is 2.00. The second-order valence-electron chi connectivity index (χ2n) is 5.52. The van der Waals surface area contributed by atoms with Crippen molar-refractivity contribution in [2.24, 2.45) is 17.2 Å². The van der Waals surface area contributed by atoms with Crippen molar-refractivity contribution in [3.8, 4) is 0 Å². The summed E-state index contributed by atoms with van der Waals surface area (Å²) in [6.07, 6.45) is 3.29. The Morgan fingerprint density at radius 1 is 1.36 bits per heavy atom. The summed E-state index contributed by atoms with van der Waals surface area (Å²) in [6.45, 7) is 13.3. The third-order valence-electron chi connectivity index (χ3n) is 2.83. The van der Waals surface area contributed by atoms with Crippen LogP contribution in [0.4, 0.5) is 0 Å². The SMILES string of the molecule is CC(C)=CC(CC(C)C(C)(C)C)NN. The van der Waals surface area contributed by atoms with E-state index in [9.17, 15) is 0 Å². The van der Waals surface area contributed by atoms with Crippen LogP contribution in [0.5, 0.6) is 0 Å². The molecule has 0 heterocycles. The standard InChI is InChI=1S/C12H26N2/c1-9(2)7-11(14-13)8-10(3)12(4,5)6/h7,10-11,14H,8,13H2,1-6H3. The lowest BCUT2D eigenvalue weighted by Crippen LogP contribution is -2.37. The average molecular weight is 198 g/mol. The lowest BCUT2D eigenvalue weighted by atomic mass is 9.78. The predicted octanol–water partition coefficient (Wildman–Crippen LogP) is 2.86. The summed E-state index contributed by atoms with van der Waals surface area (Å²) in [5.41, 5.74) is 4.53. The summed E-state index contributed by atoms with van der Waals surface area (Å²) in [5, 5.41) is 0. The molecule has 0 spiro atoms. The van der Waals surface area contributed by atoms with Crippen molar-refractivity contribution in [3.05, 3.63) is 11.6 Å². The molecular weight excluding hydrogens is 172 g/mol. The Labute approximate surface area is 88.9 Å². The van der Waals surface area contributed by atoms with E-state index in [0.29, 0.717) is 17.4 Å². The zero-order valence-corrected chi connectivity index (χ0v) is 10.5. The lowest BCUT2D eigenvalue weighted by Gasteiger charge is -2.29. The van der Waals surface area contributed by atoms with Gasteiger partial charge in [-0.05, 0) is 31.6 Å². The second-order valence-corrected chi connectivity index (χ2v) is 5.52. The number of nitrogens with two attached hydrogens (primary N) is 1. The maximum Gasteiger partial charge on any atom is 0.0395 e. The Morgan fingerprint density at radius 3 is 2.14 bits per heavy atom. The molecule has 0 aromatic carbocycles. The van der Waals surface area contributed by atoms with Crippen LogP contribution in [0.25, 0.3) is 0 Å². The first-order chi connectivity index (χ1) is 6.27. The molecule has 2 nitrogen and oxygen atoms in total. The fraction of sp³-hybridized carbons (Fsp3) is 0.833. The van der Waals surface area contributed by atoms with Gasteiger partial charge in [0.2, 0.25) is 0 Å². The Bertz CT molecular complexity index is 185. The molecule has 0 saturated carbocycles. The fourth-order valence-electron chi connectivity index (χ4n) is 1.32. The highest BCUT2D eigenvalue weighted by Gasteiger charge is 2.22. The van der Waals surface area contributed by atoms with E-state index in [4.69, 9.17) is 5.84 Å². The quantitative estimate of drug-likeness (QED) is 0.414. The van der Waals surface area contributed by atoms with Gasteiger partial charge in [0.25, 0.3) is 0 Å². The molecule has 0 radical (unpaired) electrons. The van der Waals surface area contributed by atoms with Gasteiger partial charge in [0, 0.05) is 6.04 Å². The molecule has 0 fully saturated rings. The molecule has 0 saturated heterocycles. The molecule has 0 aliphatic heterocycles. The molecule has 2 atom stereocenters. The molecule has 0 rings (SSSR count). The summed E-state index contributed by atoms with van der Waals surface area (Å²) in [7, 11) is 0. The molecule has 0 aliphatic rings. The second kappa shape index (κ2) is 5.52. The van der Waals surface area contributed by atoms with Crippen molar-refractivity contribution < 1.29 is 0 Å². The van der Waals surface area contributed by atoms with Crippen molar-refractivity contribution in [3.63, 3.8) is 0 Å². The van der Waals surface area contributed by atoms with Gasteiger partial charge in [0.1, 0.15) is 0 Å². The van der Waals surface area contributed by atoms with E-state index >= 15 is 0 Å². The number of allylic oxidation sites excluding steroid dienone is 1. The number of nitrogens with one attached hydrogen (secondary N) is 1. The first-order valence-electron chi connectivity index (χ1n) is 5.38. The Kier molecular flexibility index (Phi) is 5.38. The maximum atomic E-state index is 5.52. The van der Waals surface area contributed by atoms with Gasteiger partial charge in [-0.25, -0.2) is 0 Å². The van der Waals surface area contributed by atoms with Gasteiger partial charge >= 0.3 is 0 Å².